The van der Waals surface area contributed by atoms with Crippen molar-refractivity contribution in [3.05, 3.63) is 60.3 Å². The summed E-state index contributed by atoms with van der Waals surface area (Å²) in [7, 11) is 0. The van der Waals surface area contributed by atoms with Crippen LogP contribution < -0.4 is 9.64 Å². The quantitative estimate of drug-likeness (QED) is 0.606. The van der Waals surface area contributed by atoms with Gasteiger partial charge in [0.1, 0.15) is 5.75 Å². The van der Waals surface area contributed by atoms with Gasteiger partial charge in [-0.1, -0.05) is 30.3 Å². The first-order chi connectivity index (χ1) is 15.5. The first-order valence-corrected chi connectivity index (χ1v) is 10.7. The minimum atomic E-state index is -1.82. The molecule has 168 valence electrons. The summed E-state index contributed by atoms with van der Waals surface area (Å²) in [5.41, 5.74) is 3.99. The number of piperazine rings is 1. The Morgan fingerprint density at radius 2 is 1.62 bits per heavy atom. The van der Waals surface area contributed by atoms with E-state index in [-0.39, 0.29) is 0 Å². The third-order valence-electron chi connectivity index (χ3n) is 5.93. The molecule has 5 rings (SSSR count). The normalized spacial score (nSPS) is 15.6. The standard InChI is InChI=1S/C22H25N3O.C2H2O4/c1-2-6-20-18(4-1)8-10-24(20)14-11-23-12-15-25(16-13-23)21-7-3-5-19-9-17-26-22(19)21;3-1(4)2(5)6/h1-8,10H,9,11-17H2;(H,3,4)(H,5,6). The molecule has 2 N–H and O–H groups in total. The predicted molar refractivity (Wildman–Crippen MR) is 122 cm³/mol. The van der Waals surface area contributed by atoms with Crippen molar-refractivity contribution in [3.63, 3.8) is 0 Å². The third kappa shape index (κ3) is 4.86. The number of fused-ring (bicyclic) bond motifs is 2. The number of aromatic nitrogens is 1. The van der Waals surface area contributed by atoms with Crippen molar-refractivity contribution < 1.29 is 24.5 Å². The number of aliphatic carboxylic acids is 2. The first kappa shape index (κ1) is 21.7. The SMILES string of the molecule is O=C(O)C(=O)O.c1cc2c(c(N3CCN(CCn4ccc5ccccc54)CC3)c1)OCC2. The third-order valence-corrected chi connectivity index (χ3v) is 5.93. The van der Waals surface area contributed by atoms with Gasteiger partial charge in [-0.3, -0.25) is 4.90 Å². The van der Waals surface area contributed by atoms with Crippen LogP contribution in [-0.2, 0) is 22.6 Å². The van der Waals surface area contributed by atoms with Crippen LogP contribution >= 0.6 is 0 Å². The molecule has 0 bridgehead atoms. The Morgan fingerprint density at radius 1 is 0.875 bits per heavy atom. The zero-order valence-corrected chi connectivity index (χ0v) is 17.8. The van der Waals surface area contributed by atoms with Crippen LogP contribution in [0.15, 0.2) is 54.7 Å². The summed E-state index contributed by atoms with van der Waals surface area (Å²) in [5.74, 6) is -2.52. The van der Waals surface area contributed by atoms with Crippen LogP contribution in [-0.4, -0.2) is 70.9 Å². The number of nitrogens with zero attached hydrogens (tertiary/aromatic N) is 3. The van der Waals surface area contributed by atoms with Gasteiger partial charge in [-0.25, -0.2) is 9.59 Å². The van der Waals surface area contributed by atoms with E-state index in [0.29, 0.717) is 0 Å². The largest absolute Gasteiger partial charge is 0.491 e. The van der Waals surface area contributed by atoms with Crippen LogP contribution in [0.3, 0.4) is 0 Å². The van der Waals surface area contributed by atoms with E-state index >= 15 is 0 Å². The second-order valence-electron chi connectivity index (χ2n) is 7.87. The molecule has 2 aliphatic heterocycles. The molecular formula is C24H27N3O5. The van der Waals surface area contributed by atoms with Gasteiger partial charge in [0.25, 0.3) is 0 Å². The Kier molecular flexibility index (Phi) is 6.61. The maximum atomic E-state index is 9.10. The molecular weight excluding hydrogens is 410 g/mol. The number of benzene rings is 2. The summed E-state index contributed by atoms with van der Waals surface area (Å²) in [6.07, 6.45) is 3.26. The highest BCUT2D eigenvalue weighted by Gasteiger charge is 2.23. The van der Waals surface area contributed by atoms with Crippen LogP contribution in [0, 0.1) is 0 Å². The Balaban J connectivity index is 0.000000363. The number of rotatable bonds is 4. The van der Waals surface area contributed by atoms with E-state index in [4.69, 9.17) is 24.5 Å². The minimum Gasteiger partial charge on any atom is -0.491 e. The zero-order chi connectivity index (χ0) is 22.5. The molecule has 2 aromatic carbocycles. The minimum absolute atomic E-state index is 0.830. The number of hydrogen-bond acceptors (Lipinski definition) is 5. The van der Waals surface area contributed by atoms with E-state index in [1.807, 2.05) is 0 Å². The molecule has 3 aromatic rings. The van der Waals surface area contributed by atoms with E-state index in [1.165, 1.54) is 22.2 Å². The van der Waals surface area contributed by atoms with Gasteiger partial charge in [-0.15, -0.1) is 0 Å². The first-order valence-electron chi connectivity index (χ1n) is 10.7. The number of carboxylic acid groups (broad SMARTS) is 2. The van der Waals surface area contributed by atoms with Crippen molar-refractivity contribution in [1.29, 1.82) is 0 Å². The average Bonchev–Trinajstić information content (AvgIpc) is 3.45. The van der Waals surface area contributed by atoms with E-state index in [0.717, 1.165) is 58.0 Å². The van der Waals surface area contributed by atoms with Gasteiger partial charge in [0.2, 0.25) is 0 Å². The van der Waals surface area contributed by atoms with Crippen molar-refractivity contribution in [2.45, 2.75) is 13.0 Å². The molecule has 0 atom stereocenters. The zero-order valence-electron chi connectivity index (χ0n) is 17.8. The van der Waals surface area contributed by atoms with Crippen molar-refractivity contribution in [2.24, 2.45) is 0 Å². The maximum absolute atomic E-state index is 9.10. The van der Waals surface area contributed by atoms with Crippen molar-refractivity contribution in [3.8, 4) is 5.75 Å². The highest BCUT2D eigenvalue weighted by atomic mass is 16.5. The fraction of sp³-hybridized carbons (Fsp3) is 0.333. The van der Waals surface area contributed by atoms with E-state index in [9.17, 15) is 0 Å². The van der Waals surface area contributed by atoms with Gasteiger partial charge < -0.3 is 24.4 Å². The number of hydrogen-bond donors (Lipinski definition) is 2. The molecule has 0 saturated carbocycles. The topological polar surface area (TPSA) is 95.2 Å². The van der Waals surface area contributed by atoms with Crippen molar-refractivity contribution in [2.75, 3.05) is 44.2 Å². The second-order valence-corrected chi connectivity index (χ2v) is 7.87. The summed E-state index contributed by atoms with van der Waals surface area (Å²) in [6.45, 7) is 7.37. The smallest absolute Gasteiger partial charge is 0.414 e. The van der Waals surface area contributed by atoms with Crippen LogP contribution in [0.5, 0.6) is 5.75 Å². The predicted octanol–water partition coefficient (Wildman–Crippen LogP) is 2.55. The van der Waals surface area contributed by atoms with E-state index in [1.54, 1.807) is 0 Å². The lowest BCUT2D eigenvalue weighted by Gasteiger charge is -2.36. The summed E-state index contributed by atoms with van der Waals surface area (Å²) in [6, 6.07) is 17.4. The van der Waals surface area contributed by atoms with Crippen molar-refractivity contribution in [1.82, 2.24) is 9.47 Å². The van der Waals surface area contributed by atoms with Crippen LogP contribution in [0.4, 0.5) is 5.69 Å². The lowest BCUT2D eigenvalue weighted by molar-refractivity contribution is -0.159. The Hall–Kier alpha value is -3.52. The fourth-order valence-electron chi connectivity index (χ4n) is 4.24. The molecule has 2 aliphatic rings. The molecule has 1 fully saturated rings. The molecule has 0 aliphatic carbocycles. The number of carboxylic acids is 2. The summed E-state index contributed by atoms with van der Waals surface area (Å²) >= 11 is 0. The highest BCUT2D eigenvalue weighted by molar-refractivity contribution is 6.27. The summed E-state index contributed by atoms with van der Waals surface area (Å²) < 4.78 is 8.26. The molecule has 3 heterocycles. The van der Waals surface area contributed by atoms with Gasteiger partial charge in [0.15, 0.2) is 0 Å². The Morgan fingerprint density at radius 3 is 2.38 bits per heavy atom. The number of carbonyl (C=O) groups is 2. The maximum Gasteiger partial charge on any atom is 0.414 e. The van der Waals surface area contributed by atoms with Crippen LogP contribution in [0.2, 0.25) is 0 Å². The lowest BCUT2D eigenvalue weighted by atomic mass is 10.1. The van der Waals surface area contributed by atoms with E-state index in [2.05, 4.69) is 69.1 Å². The van der Waals surface area contributed by atoms with Gasteiger partial charge in [0, 0.05) is 57.4 Å². The Bertz CT molecular complexity index is 1090. The fourth-order valence-corrected chi connectivity index (χ4v) is 4.24. The summed E-state index contributed by atoms with van der Waals surface area (Å²) in [4.78, 5) is 23.3. The molecule has 0 unspecified atom stereocenters. The van der Waals surface area contributed by atoms with Gasteiger partial charge >= 0.3 is 11.9 Å². The lowest BCUT2D eigenvalue weighted by Crippen LogP contribution is -2.47. The molecule has 32 heavy (non-hydrogen) atoms. The molecule has 8 heteroatoms. The van der Waals surface area contributed by atoms with Crippen molar-refractivity contribution >= 4 is 28.5 Å². The molecule has 0 amide bonds. The van der Waals surface area contributed by atoms with E-state index < -0.39 is 11.9 Å². The molecule has 0 spiro atoms. The Labute approximate surface area is 186 Å². The summed E-state index contributed by atoms with van der Waals surface area (Å²) in [5, 5.41) is 16.1. The van der Waals surface area contributed by atoms with Gasteiger partial charge in [-0.05, 0) is 29.1 Å². The molecule has 8 nitrogen and oxygen atoms in total. The molecule has 0 radical (unpaired) electrons. The molecule has 1 saturated heterocycles. The second kappa shape index (κ2) is 9.74. The highest BCUT2D eigenvalue weighted by Crippen LogP contribution is 2.36. The molecule has 1 aromatic heterocycles. The number of ether oxygens (including phenoxy) is 1. The van der Waals surface area contributed by atoms with Crippen LogP contribution in [0.1, 0.15) is 5.56 Å². The number of anilines is 1. The van der Waals surface area contributed by atoms with Crippen LogP contribution in [0.25, 0.3) is 10.9 Å². The monoisotopic (exact) mass is 437 g/mol. The van der Waals surface area contributed by atoms with Gasteiger partial charge in [0.05, 0.1) is 12.3 Å². The number of para-hydroxylation sites is 2. The average molecular weight is 437 g/mol. The van der Waals surface area contributed by atoms with Gasteiger partial charge in [-0.2, -0.15) is 0 Å².